The van der Waals surface area contributed by atoms with Gasteiger partial charge in [-0.25, -0.2) is 14.9 Å². The standard InChI is InChI=1S/C18H21N7O2/c1-12(16-23-18(27)25-24-16)22-15-8-7-13(11-21-15)17(26)20-10-4-6-14-5-2-3-9-19-14/h2-3,5,7-9,11-12H,4,6,10H2,1H3,(H,20,26)(H,21,22)(H2,23,24,25,27)/t12-/m0/s1. The number of H-pyrrole nitrogens is 2. The molecular formula is C18H21N7O2. The number of amides is 1. The first-order valence-electron chi connectivity index (χ1n) is 8.67. The molecule has 0 radical (unpaired) electrons. The van der Waals surface area contributed by atoms with Crippen LogP contribution in [0.4, 0.5) is 5.82 Å². The van der Waals surface area contributed by atoms with Gasteiger partial charge in [0.25, 0.3) is 5.91 Å². The molecule has 3 rings (SSSR count). The van der Waals surface area contributed by atoms with E-state index < -0.39 is 0 Å². The van der Waals surface area contributed by atoms with Crippen molar-refractivity contribution in [1.82, 2.24) is 30.5 Å². The van der Waals surface area contributed by atoms with Crippen LogP contribution < -0.4 is 16.3 Å². The Kier molecular flexibility index (Phi) is 5.93. The average molecular weight is 367 g/mol. The summed E-state index contributed by atoms with van der Waals surface area (Å²) in [6, 6.07) is 8.98. The lowest BCUT2D eigenvalue weighted by Gasteiger charge is -2.11. The number of carbonyl (C=O) groups excluding carboxylic acids is 1. The van der Waals surface area contributed by atoms with Crippen molar-refractivity contribution < 1.29 is 4.79 Å². The topological polar surface area (TPSA) is 128 Å². The molecular weight excluding hydrogens is 346 g/mol. The van der Waals surface area contributed by atoms with Gasteiger partial charge in [0, 0.05) is 24.6 Å². The fraction of sp³-hybridized carbons (Fsp3) is 0.278. The van der Waals surface area contributed by atoms with E-state index in [9.17, 15) is 9.59 Å². The Hall–Kier alpha value is -3.49. The van der Waals surface area contributed by atoms with Crippen molar-refractivity contribution >= 4 is 11.7 Å². The Balaban J connectivity index is 1.46. The van der Waals surface area contributed by atoms with E-state index in [1.54, 1.807) is 18.3 Å². The third-order valence-corrected chi connectivity index (χ3v) is 3.94. The van der Waals surface area contributed by atoms with Crippen molar-refractivity contribution in [2.45, 2.75) is 25.8 Å². The van der Waals surface area contributed by atoms with Crippen LogP contribution in [0, 0.1) is 0 Å². The maximum atomic E-state index is 12.2. The number of carbonyl (C=O) groups is 1. The molecule has 0 saturated heterocycles. The van der Waals surface area contributed by atoms with E-state index in [4.69, 9.17) is 0 Å². The molecule has 0 spiro atoms. The molecule has 0 aliphatic carbocycles. The summed E-state index contributed by atoms with van der Waals surface area (Å²) in [7, 11) is 0. The minimum atomic E-state index is -0.360. The number of nitrogens with one attached hydrogen (secondary N) is 4. The Morgan fingerprint density at radius 1 is 1.22 bits per heavy atom. The molecule has 4 N–H and O–H groups in total. The normalized spacial score (nSPS) is 11.7. The highest BCUT2D eigenvalue weighted by atomic mass is 16.2. The predicted octanol–water partition coefficient (Wildman–Crippen LogP) is 1.42. The smallest absolute Gasteiger partial charge is 0.340 e. The van der Waals surface area contributed by atoms with E-state index in [0.717, 1.165) is 18.5 Å². The van der Waals surface area contributed by atoms with Crippen molar-refractivity contribution in [3.05, 3.63) is 70.3 Å². The maximum Gasteiger partial charge on any atom is 0.340 e. The molecule has 27 heavy (non-hydrogen) atoms. The van der Waals surface area contributed by atoms with Crippen LogP contribution in [0.5, 0.6) is 0 Å². The Morgan fingerprint density at radius 3 is 2.78 bits per heavy atom. The molecule has 0 aliphatic heterocycles. The van der Waals surface area contributed by atoms with Crippen LogP contribution >= 0.6 is 0 Å². The molecule has 1 amide bonds. The van der Waals surface area contributed by atoms with Crippen LogP contribution in [0.2, 0.25) is 0 Å². The zero-order chi connectivity index (χ0) is 19.1. The van der Waals surface area contributed by atoms with Gasteiger partial charge in [-0.2, -0.15) is 5.10 Å². The minimum Gasteiger partial charge on any atom is -0.360 e. The van der Waals surface area contributed by atoms with Gasteiger partial charge < -0.3 is 10.6 Å². The molecule has 3 aromatic heterocycles. The Bertz CT molecular complexity index is 919. The number of anilines is 1. The number of nitrogens with zero attached hydrogens (tertiary/aromatic N) is 3. The molecule has 1 atom stereocenters. The Labute approximate surface area is 155 Å². The molecule has 3 aromatic rings. The zero-order valence-electron chi connectivity index (χ0n) is 14.9. The van der Waals surface area contributed by atoms with E-state index in [1.807, 2.05) is 25.1 Å². The van der Waals surface area contributed by atoms with Crippen LogP contribution in [0.3, 0.4) is 0 Å². The second kappa shape index (κ2) is 8.75. The second-order valence-electron chi connectivity index (χ2n) is 6.04. The summed E-state index contributed by atoms with van der Waals surface area (Å²) >= 11 is 0. The molecule has 0 fully saturated rings. The summed E-state index contributed by atoms with van der Waals surface area (Å²) in [6.07, 6.45) is 4.90. The third-order valence-electron chi connectivity index (χ3n) is 3.94. The SMILES string of the molecule is C[C@H](Nc1ccc(C(=O)NCCCc2ccccn2)cn1)c1n[nH]c(=O)[nH]1. The predicted molar refractivity (Wildman–Crippen MR) is 100 cm³/mol. The van der Waals surface area contributed by atoms with E-state index in [2.05, 4.69) is 35.8 Å². The lowest BCUT2D eigenvalue weighted by molar-refractivity contribution is 0.0953. The van der Waals surface area contributed by atoms with Crippen molar-refractivity contribution in [2.24, 2.45) is 0 Å². The first-order chi connectivity index (χ1) is 13.1. The zero-order valence-corrected chi connectivity index (χ0v) is 14.9. The molecule has 9 nitrogen and oxygen atoms in total. The van der Waals surface area contributed by atoms with Crippen LogP contribution in [-0.4, -0.2) is 37.6 Å². The monoisotopic (exact) mass is 367 g/mol. The highest BCUT2D eigenvalue weighted by Gasteiger charge is 2.11. The van der Waals surface area contributed by atoms with E-state index in [0.29, 0.717) is 23.8 Å². The van der Waals surface area contributed by atoms with Crippen LogP contribution in [0.1, 0.15) is 41.3 Å². The summed E-state index contributed by atoms with van der Waals surface area (Å²) in [5.74, 6) is 0.898. The van der Waals surface area contributed by atoms with Gasteiger partial charge in [0.1, 0.15) is 5.82 Å². The lowest BCUT2D eigenvalue weighted by atomic mass is 10.2. The molecule has 0 aromatic carbocycles. The average Bonchev–Trinajstić information content (AvgIpc) is 3.13. The second-order valence-corrected chi connectivity index (χ2v) is 6.04. The lowest BCUT2D eigenvalue weighted by Crippen LogP contribution is -2.25. The fourth-order valence-corrected chi connectivity index (χ4v) is 2.51. The van der Waals surface area contributed by atoms with Gasteiger partial charge in [-0.15, -0.1) is 0 Å². The van der Waals surface area contributed by atoms with Gasteiger partial charge in [0.05, 0.1) is 11.6 Å². The van der Waals surface area contributed by atoms with E-state index in [-0.39, 0.29) is 17.6 Å². The quantitative estimate of drug-likeness (QED) is 0.446. The van der Waals surface area contributed by atoms with Crippen LogP contribution in [0.15, 0.2) is 47.5 Å². The number of hydrogen-bond acceptors (Lipinski definition) is 6. The molecule has 3 heterocycles. The van der Waals surface area contributed by atoms with Crippen molar-refractivity contribution in [3.8, 4) is 0 Å². The van der Waals surface area contributed by atoms with Gasteiger partial charge in [0.15, 0.2) is 5.82 Å². The summed E-state index contributed by atoms with van der Waals surface area (Å²) in [4.78, 5) is 34.3. The molecule has 0 aliphatic rings. The maximum absolute atomic E-state index is 12.2. The van der Waals surface area contributed by atoms with E-state index >= 15 is 0 Å². The first kappa shape index (κ1) is 18.3. The summed E-state index contributed by atoms with van der Waals surface area (Å²) < 4.78 is 0. The molecule has 0 saturated carbocycles. The number of pyridine rings is 2. The largest absolute Gasteiger partial charge is 0.360 e. The van der Waals surface area contributed by atoms with Gasteiger partial charge in [-0.3, -0.25) is 14.8 Å². The number of rotatable bonds is 8. The summed E-state index contributed by atoms with van der Waals surface area (Å²) in [5, 5.41) is 12.2. The van der Waals surface area contributed by atoms with Crippen molar-refractivity contribution in [2.75, 3.05) is 11.9 Å². The minimum absolute atomic E-state index is 0.167. The number of hydrogen-bond donors (Lipinski definition) is 4. The summed E-state index contributed by atoms with van der Waals surface area (Å²) in [6.45, 7) is 2.41. The molecule has 140 valence electrons. The van der Waals surface area contributed by atoms with Gasteiger partial charge in [-0.1, -0.05) is 6.07 Å². The Morgan fingerprint density at radius 2 is 2.11 bits per heavy atom. The number of aromatic amines is 2. The molecule has 0 bridgehead atoms. The third kappa shape index (κ3) is 5.24. The van der Waals surface area contributed by atoms with Crippen LogP contribution in [0.25, 0.3) is 0 Å². The first-order valence-corrected chi connectivity index (χ1v) is 8.67. The number of aromatic nitrogens is 5. The number of aryl methyl sites for hydroxylation is 1. The fourth-order valence-electron chi connectivity index (χ4n) is 2.51. The summed E-state index contributed by atoms with van der Waals surface area (Å²) in [5.41, 5.74) is 1.14. The van der Waals surface area contributed by atoms with Crippen LogP contribution in [-0.2, 0) is 6.42 Å². The highest BCUT2D eigenvalue weighted by molar-refractivity contribution is 5.94. The van der Waals surface area contributed by atoms with E-state index in [1.165, 1.54) is 6.20 Å². The highest BCUT2D eigenvalue weighted by Crippen LogP contribution is 2.13. The molecule has 9 heteroatoms. The van der Waals surface area contributed by atoms with Crippen molar-refractivity contribution in [1.29, 1.82) is 0 Å². The van der Waals surface area contributed by atoms with Gasteiger partial charge in [0.2, 0.25) is 0 Å². The van der Waals surface area contributed by atoms with Crippen molar-refractivity contribution in [3.63, 3.8) is 0 Å². The molecule has 0 unspecified atom stereocenters. The van der Waals surface area contributed by atoms with Gasteiger partial charge >= 0.3 is 5.69 Å². The van der Waals surface area contributed by atoms with Gasteiger partial charge in [-0.05, 0) is 44.0 Å².